The Hall–Kier alpha value is -2.54. The molecule has 0 saturated heterocycles. The molecule has 1 aliphatic rings. The van der Waals surface area contributed by atoms with Crippen LogP contribution in [-0.2, 0) is 0 Å². The van der Waals surface area contributed by atoms with Crippen molar-refractivity contribution in [3.63, 3.8) is 0 Å². The number of nitrogens with one attached hydrogen (secondary N) is 2. The van der Waals surface area contributed by atoms with Crippen LogP contribution in [0.1, 0.15) is 10.4 Å². The van der Waals surface area contributed by atoms with E-state index in [9.17, 15) is 9.90 Å². The lowest BCUT2D eigenvalue weighted by molar-refractivity contribution is 0.0694. The maximum absolute atomic E-state index is 11.0. The van der Waals surface area contributed by atoms with E-state index in [-0.39, 0.29) is 16.8 Å². The maximum Gasteiger partial charge on any atom is 0.339 e. The summed E-state index contributed by atoms with van der Waals surface area (Å²) in [5.74, 6) is -1.42. The Morgan fingerprint density at radius 1 is 1.32 bits per heavy atom. The SMILES string of the molecule is O=C(O)c1cc(NCN2c3ccccc3NC2S)ccc1O. The number of carbonyl (C=O) groups is 1. The second-order valence-corrected chi connectivity index (χ2v) is 5.37. The fraction of sp³-hybridized carbons (Fsp3) is 0.133. The smallest absolute Gasteiger partial charge is 0.339 e. The molecule has 2 aromatic carbocycles. The molecule has 0 aromatic heterocycles. The molecule has 2 aromatic rings. The van der Waals surface area contributed by atoms with Crippen LogP contribution in [0.15, 0.2) is 42.5 Å². The minimum absolute atomic E-state index is 0.132. The van der Waals surface area contributed by atoms with E-state index < -0.39 is 5.97 Å². The number of carboxylic acid groups (broad SMARTS) is 1. The van der Waals surface area contributed by atoms with E-state index >= 15 is 0 Å². The van der Waals surface area contributed by atoms with Gasteiger partial charge in [-0.05, 0) is 30.3 Å². The van der Waals surface area contributed by atoms with Gasteiger partial charge < -0.3 is 25.7 Å². The predicted octanol–water partition coefficient (Wildman–Crippen LogP) is 2.61. The van der Waals surface area contributed by atoms with E-state index in [4.69, 9.17) is 5.11 Å². The van der Waals surface area contributed by atoms with Gasteiger partial charge in [0.25, 0.3) is 0 Å². The van der Waals surface area contributed by atoms with Crippen molar-refractivity contribution in [3.05, 3.63) is 48.0 Å². The van der Waals surface area contributed by atoms with Gasteiger partial charge in [0.1, 0.15) is 16.8 Å². The van der Waals surface area contributed by atoms with Gasteiger partial charge in [0.2, 0.25) is 0 Å². The Kier molecular flexibility index (Phi) is 3.72. The van der Waals surface area contributed by atoms with Gasteiger partial charge in [0.05, 0.1) is 18.0 Å². The van der Waals surface area contributed by atoms with E-state index in [1.165, 1.54) is 12.1 Å². The van der Waals surface area contributed by atoms with Gasteiger partial charge in [-0.15, -0.1) is 12.6 Å². The van der Waals surface area contributed by atoms with Crippen molar-refractivity contribution >= 4 is 35.7 Å². The molecule has 1 aliphatic heterocycles. The predicted molar refractivity (Wildman–Crippen MR) is 88.9 cm³/mol. The molecule has 1 unspecified atom stereocenters. The molecule has 0 amide bonds. The number of thiol groups is 1. The van der Waals surface area contributed by atoms with Crippen LogP contribution in [0.3, 0.4) is 0 Å². The lowest BCUT2D eigenvalue weighted by atomic mass is 10.2. The topological polar surface area (TPSA) is 84.8 Å². The molecular weight excluding hydrogens is 302 g/mol. The highest BCUT2D eigenvalue weighted by molar-refractivity contribution is 7.81. The molecule has 4 N–H and O–H groups in total. The van der Waals surface area contributed by atoms with Crippen LogP contribution in [0.4, 0.5) is 17.1 Å². The van der Waals surface area contributed by atoms with Crippen molar-refractivity contribution in [1.82, 2.24) is 0 Å². The minimum atomic E-state index is -1.17. The third kappa shape index (κ3) is 2.62. The average molecular weight is 317 g/mol. The number of hydrogen-bond acceptors (Lipinski definition) is 6. The second-order valence-electron chi connectivity index (χ2n) is 4.88. The first-order valence-electron chi connectivity index (χ1n) is 6.67. The van der Waals surface area contributed by atoms with E-state index in [1.54, 1.807) is 6.07 Å². The standard InChI is InChI=1S/C15H15N3O3S/c19-13-6-5-9(7-10(13)14(20)21)16-8-18-12-4-2-1-3-11(12)17-15(18)22/h1-7,15-17,19,22H,8H2,(H,20,21). The molecule has 0 aliphatic carbocycles. The molecule has 1 atom stereocenters. The number of hydrogen-bond donors (Lipinski definition) is 5. The molecule has 22 heavy (non-hydrogen) atoms. The van der Waals surface area contributed by atoms with Crippen LogP contribution in [0, 0.1) is 0 Å². The van der Waals surface area contributed by atoms with Crippen LogP contribution in [0.25, 0.3) is 0 Å². The summed E-state index contributed by atoms with van der Waals surface area (Å²) in [7, 11) is 0. The summed E-state index contributed by atoms with van der Waals surface area (Å²) in [5, 5.41) is 24.9. The Labute approximate surface area is 132 Å². The normalized spacial score (nSPS) is 16.0. The fourth-order valence-corrected chi connectivity index (χ4v) is 2.71. The third-order valence-electron chi connectivity index (χ3n) is 3.47. The quantitative estimate of drug-likeness (QED) is 0.440. The summed E-state index contributed by atoms with van der Waals surface area (Å²) >= 11 is 4.49. The van der Waals surface area contributed by atoms with E-state index in [1.807, 2.05) is 29.2 Å². The number of rotatable bonds is 4. The van der Waals surface area contributed by atoms with Gasteiger partial charge in [-0.25, -0.2) is 4.79 Å². The molecule has 3 rings (SSSR count). The number of aromatic hydroxyl groups is 1. The number of benzene rings is 2. The lowest BCUT2D eigenvalue weighted by Crippen LogP contribution is -2.35. The molecule has 7 heteroatoms. The maximum atomic E-state index is 11.0. The summed E-state index contributed by atoms with van der Waals surface area (Å²) in [6.45, 7) is 0.446. The summed E-state index contributed by atoms with van der Waals surface area (Å²) in [6, 6.07) is 12.2. The first-order chi connectivity index (χ1) is 10.6. The number of carboxylic acids is 1. The summed E-state index contributed by atoms with van der Waals surface area (Å²) in [4.78, 5) is 13.0. The number of fused-ring (bicyclic) bond motifs is 1. The van der Waals surface area contributed by atoms with E-state index in [2.05, 4.69) is 23.3 Å². The van der Waals surface area contributed by atoms with Crippen molar-refractivity contribution in [2.24, 2.45) is 0 Å². The molecule has 1 heterocycles. The zero-order chi connectivity index (χ0) is 15.7. The van der Waals surface area contributed by atoms with Crippen LogP contribution in [0.5, 0.6) is 5.75 Å². The average Bonchev–Trinajstić information content (AvgIpc) is 2.81. The number of phenols is 1. The minimum Gasteiger partial charge on any atom is -0.507 e. The van der Waals surface area contributed by atoms with Gasteiger partial charge in [-0.2, -0.15) is 0 Å². The summed E-state index contributed by atoms with van der Waals surface area (Å²) in [5.41, 5.74) is 2.34. The van der Waals surface area contributed by atoms with Crippen LogP contribution in [0.2, 0.25) is 0 Å². The lowest BCUT2D eigenvalue weighted by Gasteiger charge is -2.24. The Morgan fingerprint density at radius 2 is 2.09 bits per heavy atom. The first-order valence-corrected chi connectivity index (χ1v) is 7.18. The van der Waals surface area contributed by atoms with E-state index in [0.717, 1.165) is 11.4 Å². The Balaban J connectivity index is 1.76. The number of nitrogens with zero attached hydrogens (tertiary/aromatic N) is 1. The van der Waals surface area contributed by atoms with Crippen molar-refractivity contribution < 1.29 is 15.0 Å². The van der Waals surface area contributed by atoms with Crippen LogP contribution >= 0.6 is 12.6 Å². The fourth-order valence-electron chi connectivity index (χ4n) is 2.36. The van der Waals surface area contributed by atoms with Crippen molar-refractivity contribution in [2.45, 2.75) is 5.50 Å². The largest absolute Gasteiger partial charge is 0.507 e. The van der Waals surface area contributed by atoms with E-state index in [0.29, 0.717) is 12.4 Å². The van der Waals surface area contributed by atoms with Gasteiger partial charge in [0.15, 0.2) is 0 Å². The van der Waals surface area contributed by atoms with Crippen molar-refractivity contribution in [2.75, 3.05) is 22.2 Å². The molecule has 0 radical (unpaired) electrons. The highest BCUT2D eigenvalue weighted by Gasteiger charge is 2.25. The molecular formula is C15H15N3O3S. The highest BCUT2D eigenvalue weighted by Crippen LogP contribution is 2.35. The molecule has 0 bridgehead atoms. The van der Waals surface area contributed by atoms with Crippen LogP contribution in [-0.4, -0.2) is 28.3 Å². The number of anilines is 3. The summed E-state index contributed by atoms with van der Waals surface area (Å²) in [6.07, 6.45) is 0. The Bertz CT molecular complexity index is 723. The molecule has 0 fully saturated rings. The van der Waals surface area contributed by atoms with Crippen LogP contribution < -0.4 is 15.5 Å². The molecule has 0 spiro atoms. The highest BCUT2D eigenvalue weighted by atomic mass is 32.1. The monoisotopic (exact) mass is 317 g/mol. The third-order valence-corrected chi connectivity index (χ3v) is 3.88. The second kappa shape index (κ2) is 5.69. The zero-order valence-electron chi connectivity index (χ0n) is 11.5. The number of para-hydroxylation sites is 2. The molecule has 114 valence electrons. The van der Waals surface area contributed by atoms with Gasteiger partial charge in [-0.3, -0.25) is 0 Å². The Morgan fingerprint density at radius 3 is 2.86 bits per heavy atom. The zero-order valence-corrected chi connectivity index (χ0v) is 12.4. The summed E-state index contributed by atoms with van der Waals surface area (Å²) < 4.78 is 0. The van der Waals surface area contributed by atoms with Crippen molar-refractivity contribution in [1.29, 1.82) is 0 Å². The van der Waals surface area contributed by atoms with Crippen molar-refractivity contribution in [3.8, 4) is 5.75 Å². The van der Waals surface area contributed by atoms with Gasteiger partial charge in [-0.1, -0.05) is 12.1 Å². The molecule has 0 saturated carbocycles. The number of aromatic carboxylic acids is 1. The van der Waals surface area contributed by atoms with Gasteiger partial charge >= 0.3 is 5.97 Å². The first kappa shape index (κ1) is 14.4. The molecule has 6 nitrogen and oxygen atoms in total. The van der Waals surface area contributed by atoms with Gasteiger partial charge in [0, 0.05) is 5.69 Å².